The highest BCUT2D eigenvalue weighted by Gasteiger charge is 2.47. The standard InChI is InChI=1S/C23H26N2O5/c1-23(2,3)30-20(26)19-15-24(14-17-10-6-4-7-11-17)21(27)25(19)22(28)29-16-18-12-8-5-9-13-18/h4-13,19H,14-16H2,1-3H3/t19-/m0/s1. The Kier molecular flexibility index (Phi) is 6.40. The predicted octanol–water partition coefficient (Wildman–Crippen LogP) is 3.97. The smallest absolute Gasteiger partial charge is 0.419 e. The van der Waals surface area contributed by atoms with E-state index in [0.717, 1.165) is 16.0 Å². The summed E-state index contributed by atoms with van der Waals surface area (Å²) in [6.45, 7) is 5.54. The normalized spacial score (nSPS) is 16.5. The SMILES string of the molecule is CC(C)(C)OC(=O)[C@@H]1CN(Cc2ccccc2)C(=O)N1C(=O)OCc1ccccc1. The summed E-state index contributed by atoms with van der Waals surface area (Å²) in [4.78, 5) is 40.8. The van der Waals surface area contributed by atoms with Crippen LogP contribution in [0, 0.1) is 0 Å². The van der Waals surface area contributed by atoms with E-state index in [4.69, 9.17) is 9.47 Å². The van der Waals surface area contributed by atoms with E-state index in [0.29, 0.717) is 0 Å². The van der Waals surface area contributed by atoms with Gasteiger partial charge >= 0.3 is 18.1 Å². The number of rotatable bonds is 5. The molecule has 0 spiro atoms. The van der Waals surface area contributed by atoms with Gasteiger partial charge in [-0.2, -0.15) is 0 Å². The topological polar surface area (TPSA) is 76.2 Å². The molecule has 3 amide bonds. The molecule has 158 valence electrons. The van der Waals surface area contributed by atoms with Gasteiger partial charge in [0.25, 0.3) is 0 Å². The molecule has 1 fully saturated rings. The summed E-state index contributed by atoms with van der Waals surface area (Å²) in [6.07, 6.45) is -0.865. The van der Waals surface area contributed by atoms with Gasteiger partial charge in [-0.1, -0.05) is 60.7 Å². The number of nitrogens with zero attached hydrogens (tertiary/aromatic N) is 2. The Morgan fingerprint density at radius 2 is 1.53 bits per heavy atom. The first-order chi connectivity index (χ1) is 14.2. The van der Waals surface area contributed by atoms with Crippen molar-refractivity contribution in [3.8, 4) is 0 Å². The zero-order valence-electron chi connectivity index (χ0n) is 17.4. The van der Waals surface area contributed by atoms with Gasteiger partial charge in [0.05, 0.1) is 6.54 Å². The fourth-order valence-electron chi connectivity index (χ4n) is 3.13. The number of carbonyl (C=O) groups excluding carboxylic acids is 3. The molecule has 0 aromatic heterocycles. The van der Waals surface area contributed by atoms with E-state index in [1.807, 2.05) is 60.7 Å². The number of hydrogen-bond donors (Lipinski definition) is 0. The Morgan fingerprint density at radius 3 is 2.10 bits per heavy atom. The lowest BCUT2D eigenvalue weighted by Crippen LogP contribution is -2.46. The van der Waals surface area contributed by atoms with Gasteiger partial charge in [0, 0.05) is 6.54 Å². The highest BCUT2D eigenvalue weighted by atomic mass is 16.6. The Labute approximate surface area is 176 Å². The highest BCUT2D eigenvalue weighted by molar-refractivity contribution is 5.98. The van der Waals surface area contributed by atoms with Crippen molar-refractivity contribution < 1.29 is 23.9 Å². The number of amides is 3. The Morgan fingerprint density at radius 1 is 0.967 bits per heavy atom. The van der Waals surface area contributed by atoms with Crippen LogP contribution in [-0.4, -0.2) is 46.1 Å². The molecule has 2 aromatic carbocycles. The molecular weight excluding hydrogens is 384 g/mol. The first-order valence-electron chi connectivity index (χ1n) is 9.80. The number of urea groups is 1. The van der Waals surface area contributed by atoms with Crippen LogP contribution in [0.3, 0.4) is 0 Å². The summed E-state index contributed by atoms with van der Waals surface area (Å²) >= 11 is 0. The van der Waals surface area contributed by atoms with E-state index >= 15 is 0 Å². The van der Waals surface area contributed by atoms with Crippen LogP contribution in [-0.2, 0) is 27.4 Å². The van der Waals surface area contributed by atoms with E-state index in [-0.39, 0.29) is 19.7 Å². The number of imide groups is 1. The van der Waals surface area contributed by atoms with Crippen molar-refractivity contribution in [3.63, 3.8) is 0 Å². The summed E-state index contributed by atoms with van der Waals surface area (Å²) in [6, 6.07) is 16.9. The third-order valence-electron chi connectivity index (χ3n) is 4.48. The fraction of sp³-hybridized carbons (Fsp3) is 0.348. The van der Waals surface area contributed by atoms with E-state index in [9.17, 15) is 14.4 Å². The summed E-state index contributed by atoms with van der Waals surface area (Å²) < 4.78 is 10.8. The van der Waals surface area contributed by atoms with Crippen molar-refractivity contribution in [1.82, 2.24) is 9.80 Å². The first kappa shape index (κ1) is 21.4. The van der Waals surface area contributed by atoms with Crippen molar-refractivity contribution in [2.45, 2.75) is 45.6 Å². The molecule has 1 saturated heterocycles. The lowest BCUT2D eigenvalue weighted by Gasteiger charge is -2.24. The molecule has 1 aliphatic heterocycles. The van der Waals surface area contributed by atoms with Crippen LogP contribution >= 0.6 is 0 Å². The average molecular weight is 410 g/mol. The zero-order chi connectivity index (χ0) is 21.7. The molecule has 1 heterocycles. The minimum absolute atomic E-state index is 0.00315. The lowest BCUT2D eigenvalue weighted by molar-refractivity contribution is -0.159. The summed E-state index contributed by atoms with van der Waals surface area (Å²) in [7, 11) is 0. The molecule has 0 N–H and O–H groups in total. The number of ether oxygens (including phenoxy) is 2. The molecule has 0 bridgehead atoms. The van der Waals surface area contributed by atoms with Crippen molar-refractivity contribution in [2.24, 2.45) is 0 Å². The van der Waals surface area contributed by atoms with Gasteiger partial charge in [-0.05, 0) is 31.9 Å². The van der Waals surface area contributed by atoms with Crippen LogP contribution < -0.4 is 0 Å². The Balaban J connectivity index is 1.77. The predicted molar refractivity (Wildman–Crippen MR) is 110 cm³/mol. The maximum atomic E-state index is 13.0. The van der Waals surface area contributed by atoms with Crippen molar-refractivity contribution >= 4 is 18.1 Å². The number of esters is 1. The number of carbonyl (C=O) groups is 3. The Hall–Kier alpha value is -3.35. The van der Waals surface area contributed by atoms with Crippen LogP contribution in [0.4, 0.5) is 9.59 Å². The van der Waals surface area contributed by atoms with Crippen molar-refractivity contribution in [3.05, 3.63) is 71.8 Å². The molecule has 0 radical (unpaired) electrons. The average Bonchev–Trinajstić information content (AvgIpc) is 3.03. The number of benzene rings is 2. The molecule has 0 aliphatic carbocycles. The van der Waals surface area contributed by atoms with Crippen LogP contribution in [0.5, 0.6) is 0 Å². The Bertz CT molecular complexity index is 893. The second-order valence-corrected chi connectivity index (χ2v) is 8.11. The molecular formula is C23H26N2O5. The lowest BCUT2D eigenvalue weighted by atomic mass is 10.2. The van der Waals surface area contributed by atoms with E-state index in [2.05, 4.69) is 0 Å². The van der Waals surface area contributed by atoms with Gasteiger partial charge < -0.3 is 14.4 Å². The molecule has 0 saturated carbocycles. The summed E-state index contributed by atoms with van der Waals surface area (Å²) in [5.74, 6) is -0.636. The zero-order valence-corrected chi connectivity index (χ0v) is 17.4. The minimum atomic E-state index is -1.07. The molecule has 30 heavy (non-hydrogen) atoms. The molecule has 0 unspecified atom stereocenters. The number of hydrogen-bond acceptors (Lipinski definition) is 5. The van der Waals surface area contributed by atoms with Crippen LogP contribution in [0.15, 0.2) is 60.7 Å². The molecule has 1 aliphatic rings. The van der Waals surface area contributed by atoms with Crippen molar-refractivity contribution in [2.75, 3.05) is 6.54 Å². The molecule has 7 heteroatoms. The van der Waals surface area contributed by atoms with Crippen LogP contribution in [0.2, 0.25) is 0 Å². The quantitative estimate of drug-likeness (QED) is 0.697. The molecule has 7 nitrogen and oxygen atoms in total. The van der Waals surface area contributed by atoms with Crippen molar-refractivity contribution in [1.29, 1.82) is 0 Å². The first-order valence-corrected chi connectivity index (χ1v) is 9.80. The molecule has 2 aromatic rings. The van der Waals surface area contributed by atoms with Gasteiger partial charge in [-0.15, -0.1) is 0 Å². The molecule has 1 atom stereocenters. The second kappa shape index (κ2) is 8.98. The largest absolute Gasteiger partial charge is 0.458 e. The third-order valence-corrected chi connectivity index (χ3v) is 4.48. The highest BCUT2D eigenvalue weighted by Crippen LogP contribution is 2.23. The summed E-state index contributed by atoms with van der Waals surface area (Å²) in [5, 5.41) is 0. The minimum Gasteiger partial charge on any atom is -0.458 e. The van der Waals surface area contributed by atoms with E-state index in [1.54, 1.807) is 20.8 Å². The van der Waals surface area contributed by atoms with Crippen LogP contribution in [0.25, 0.3) is 0 Å². The van der Waals surface area contributed by atoms with Gasteiger partial charge in [0.2, 0.25) is 0 Å². The van der Waals surface area contributed by atoms with Gasteiger partial charge in [-0.3, -0.25) is 0 Å². The maximum Gasteiger partial charge on any atom is 0.419 e. The second-order valence-electron chi connectivity index (χ2n) is 8.11. The van der Waals surface area contributed by atoms with E-state index in [1.165, 1.54) is 4.90 Å². The fourth-order valence-corrected chi connectivity index (χ4v) is 3.13. The third kappa shape index (κ3) is 5.37. The molecule has 3 rings (SSSR count). The monoisotopic (exact) mass is 410 g/mol. The maximum absolute atomic E-state index is 13.0. The van der Waals surface area contributed by atoms with Gasteiger partial charge in [0.1, 0.15) is 12.2 Å². The van der Waals surface area contributed by atoms with Gasteiger partial charge in [-0.25, -0.2) is 19.3 Å². The summed E-state index contributed by atoms with van der Waals surface area (Å²) in [5.41, 5.74) is 0.938. The van der Waals surface area contributed by atoms with Gasteiger partial charge in [0.15, 0.2) is 6.04 Å². The van der Waals surface area contributed by atoms with E-state index < -0.39 is 29.7 Å². The van der Waals surface area contributed by atoms with Crippen LogP contribution in [0.1, 0.15) is 31.9 Å².